The fourth-order valence-corrected chi connectivity index (χ4v) is 3.23. The normalized spacial score (nSPS) is 18.1. The Morgan fingerprint density at radius 2 is 1.59 bits per heavy atom. The Kier molecular flexibility index (Phi) is 11.3. The first-order chi connectivity index (χ1) is 13.3. The summed E-state index contributed by atoms with van der Waals surface area (Å²) < 4.78 is 5.18. The molecule has 2 N–H and O–H groups in total. The maximum Gasteiger partial charge on any atom is 0.318 e. The van der Waals surface area contributed by atoms with Crippen molar-refractivity contribution in [1.82, 2.24) is 25.5 Å². The van der Waals surface area contributed by atoms with Crippen LogP contribution in [0.15, 0.2) is 0 Å². The number of methoxy groups -OCH3 is 1. The predicted molar refractivity (Wildman–Crippen MR) is 109 cm³/mol. The maximum absolute atomic E-state index is 6.50. The van der Waals surface area contributed by atoms with Crippen LogP contribution in [0.1, 0.15) is 37.9 Å². The van der Waals surface area contributed by atoms with Gasteiger partial charge in [-0.15, -0.1) is 0 Å². The van der Waals surface area contributed by atoms with Gasteiger partial charge in [-0.05, 0) is 33.0 Å². The smallest absolute Gasteiger partial charge is 0.318 e. The van der Waals surface area contributed by atoms with Crippen molar-refractivity contribution in [2.75, 3.05) is 58.3 Å². The summed E-state index contributed by atoms with van der Waals surface area (Å²) in [6, 6.07) is 0.473. The zero-order valence-electron chi connectivity index (χ0n) is 17.3. The van der Waals surface area contributed by atoms with Crippen molar-refractivity contribution in [2.45, 2.75) is 39.8 Å². The fraction of sp³-hybridized carbons (Fsp3) is 0.737. The van der Waals surface area contributed by atoms with Crippen molar-refractivity contribution in [3.05, 3.63) is 11.3 Å². The number of fused-ring (bicyclic) bond motifs is 1. The van der Waals surface area contributed by atoms with E-state index in [1.54, 1.807) is 7.11 Å². The Bertz CT molecular complexity index is 552. The van der Waals surface area contributed by atoms with E-state index in [2.05, 4.69) is 44.0 Å². The molecule has 3 aliphatic rings. The summed E-state index contributed by atoms with van der Waals surface area (Å²) in [6.45, 7) is 15.8. The Labute approximate surface area is 163 Å². The van der Waals surface area contributed by atoms with E-state index < -0.39 is 0 Å². The number of nitrogens with one attached hydrogen (secondary N) is 2. The van der Waals surface area contributed by atoms with Crippen LogP contribution in [0.2, 0.25) is 0 Å². The standard InChI is InChI=1S/C11H17N5O.C5H11N.C2H6.CHN/c1-17-11-14-9-7-13-6-8(9)10(15-11)16-4-2-12-3-5-16;1-6-4-2-3-5-6;2*1-2/h12-13H,2-7H2,1H3;2-5H2,1H3;1-2H3;1H. The number of aromatic nitrogens is 2. The number of hydrogen-bond donors (Lipinski definition) is 2. The molecule has 2 saturated heterocycles. The average Bonchev–Trinajstić information content (AvgIpc) is 3.42. The zero-order valence-corrected chi connectivity index (χ0v) is 17.3. The van der Waals surface area contributed by atoms with Gasteiger partial charge in [0, 0.05) is 51.4 Å². The van der Waals surface area contributed by atoms with Crippen molar-refractivity contribution in [3.8, 4) is 12.6 Å². The second kappa shape index (κ2) is 13.3. The van der Waals surface area contributed by atoms with Crippen LogP contribution < -0.4 is 20.3 Å². The van der Waals surface area contributed by atoms with Gasteiger partial charge in [0.05, 0.1) is 12.8 Å². The van der Waals surface area contributed by atoms with Crippen LogP contribution in [0.25, 0.3) is 0 Å². The van der Waals surface area contributed by atoms with Crippen LogP contribution in [0.3, 0.4) is 0 Å². The lowest BCUT2D eigenvalue weighted by atomic mass is 10.2. The molecule has 0 aromatic carbocycles. The molecule has 3 aliphatic heterocycles. The van der Waals surface area contributed by atoms with Crippen molar-refractivity contribution in [1.29, 1.82) is 5.26 Å². The van der Waals surface area contributed by atoms with E-state index in [-0.39, 0.29) is 0 Å². The number of likely N-dealkylation sites (tertiary alicyclic amines) is 1. The number of piperazine rings is 1. The van der Waals surface area contributed by atoms with E-state index in [0.29, 0.717) is 6.01 Å². The molecule has 4 heterocycles. The van der Waals surface area contributed by atoms with Crippen molar-refractivity contribution in [3.63, 3.8) is 0 Å². The molecule has 0 saturated carbocycles. The van der Waals surface area contributed by atoms with Crippen molar-refractivity contribution >= 4 is 5.82 Å². The molecule has 152 valence electrons. The number of hydrogen-bond acceptors (Lipinski definition) is 8. The summed E-state index contributed by atoms with van der Waals surface area (Å²) >= 11 is 0. The third kappa shape index (κ3) is 6.94. The molecule has 0 atom stereocenters. The van der Waals surface area contributed by atoms with Gasteiger partial charge in [0.15, 0.2) is 0 Å². The van der Waals surface area contributed by atoms with Crippen LogP contribution in [0.4, 0.5) is 5.82 Å². The number of anilines is 1. The van der Waals surface area contributed by atoms with Gasteiger partial charge in [0.25, 0.3) is 0 Å². The molecule has 0 bridgehead atoms. The average molecular weight is 378 g/mol. The molecular weight excluding hydrogens is 342 g/mol. The van der Waals surface area contributed by atoms with E-state index >= 15 is 0 Å². The lowest BCUT2D eigenvalue weighted by molar-refractivity contribution is 0.377. The molecule has 27 heavy (non-hydrogen) atoms. The Balaban J connectivity index is 0.000000306. The molecule has 1 aromatic rings. The van der Waals surface area contributed by atoms with E-state index in [0.717, 1.165) is 50.8 Å². The van der Waals surface area contributed by atoms with E-state index in [9.17, 15) is 0 Å². The highest BCUT2D eigenvalue weighted by Gasteiger charge is 2.23. The van der Waals surface area contributed by atoms with Crippen LogP contribution in [-0.4, -0.2) is 68.3 Å². The second-order valence-electron chi connectivity index (χ2n) is 6.31. The monoisotopic (exact) mass is 377 g/mol. The molecule has 2 fully saturated rings. The fourth-order valence-electron chi connectivity index (χ4n) is 3.23. The molecule has 0 spiro atoms. The van der Waals surface area contributed by atoms with Crippen LogP contribution in [0.5, 0.6) is 6.01 Å². The topological polar surface area (TPSA) is 89.3 Å². The molecule has 0 aliphatic carbocycles. The zero-order chi connectivity index (χ0) is 20.1. The van der Waals surface area contributed by atoms with E-state index in [1.165, 1.54) is 31.5 Å². The van der Waals surface area contributed by atoms with Crippen molar-refractivity contribution in [2.24, 2.45) is 0 Å². The molecule has 1 aromatic heterocycles. The minimum atomic E-state index is 0.473. The lowest BCUT2D eigenvalue weighted by Gasteiger charge is -2.29. The highest BCUT2D eigenvalue weighted by atomic mass is 16.5. The Hall–Kier alpha value is -1.95. The summed E-state index contributed by atoms with van der Waals surface area (Å²) in [5.41, 5.74) is 2.30. The van der Waals surface area contributed by atoms with E-state index in [4.69, 9.17) is 10.00 Å². The second-order valence-corrected chi connectivity index (χ2v) is 6.31. The molecule has 4 rings (SSSR count). The summed E-state index contributed by atoms with van der Waals surface area (Å²) in [6.07, 6.45) is 2.83. The first-order valence-electron chi connectivity index (χ1n) is 9.82. The number of ether oxygens (including phenoxy) is 1. The molecule has 0 unspecified atom stereocenters. The van der Waals surface area contributed by atoms with Crippen LogP contribution in [-0.2, 0) is 13.1 Å². The van der Waals surface area contributed by atoms with Crippen LogP contribution in [0, 0.1) is 11.8 Å². The Morgan fingerprint density at radius 1 is 0.963 bits per heavy atom. The van der Waals surface area contributed by atoms with Gasteiger partial charge in [-0.25, -0.2) is 5.26 Å². The lowest BCUT2D eigenvalue weighted by Crippen LogP contribution is -2.44. The van der Waals surface area contributed by atoms with E-state index in [1.807, 2.05) is 13.8 Å². The minimum Gasteiger partial charge on any atom is -0.467 e. The van der Waals surface area contributed by atoms with Gasteiger partial charge >= 0.3 is 6.01 Å². The molecule has 8 nitrogen and oxygen atoms in total. The largest absolute Gasteiger partial charge is 0.467 e. The summed E-state index contributed by atoms with van der Waals surface area (Å²) in [5, 5.41) is 13.2. The minimum absolute atomic E-state index is 0.473. The summed E-state index contributed by atoms with van der Waals surface area (Å²) in [7, 11) is 3.79. The van der Waals surface area contributed by atoms with Gasteiger partial charge in [-0.3, -0.25) is 0 Å². The number of rotatable bonds is 2. The van der Waals surface area contributed by atoms with Crippen molar-refractivity contribution < 1.29 is 4.74 Å². The maximum atomic E-state index is 6.50. The highest BCUT2D eigenvalue weighted by molar-refractivity contribution is 5.51. The summed E-state index contributed by atoms with van der Waals surface area (Å²) in [4.78, 5) is 13.6. The van der Waals surface area contributed by atoms with Gasteiger partial charge < -0.3 is 25.2 Å². The summed E-state index contributed by atoms with van der Waals surface area (Å²) in [5.74, 6) is 1.04. The third-order valence-corrected chi connectivity index (χ3v) is 4.57. The predicted octanol–water partition coefficient (Wildman–Crippen LogP) is 1.38. The van der Waals surface area contributed by atoms with Gasteiger partial charge in [0.1, 0.15) is 5.82 Å². The molecule has 0 amide bonds. The molecule has 8 heteroatoms. The van der Waals surface area contributed by atoms with Gasteiger partial charge in [-0.1, -0.05) is 13.8 Å². The third-order valence-electron chi connectivity index (χ3n) is 4.57. The quantitative estimate of drug-likeness (QED) is 0.799. The molecular formula is C19H35N7O. The first-order valence-corrected chi connectivity index (χ1v) is 9.82. The highest BCUT2D eigenvalue weighted by Crippen LogP contribution is 2.26. The molecule has 0 radical (unpaired) electrons. The SMILES string of the molecule is C#N.CC.CN1CCCC1.COc1nc2c(c(N3CCNCC3)n1)CNC2. The van der Waals surface area contributed by atoms with Crippen LogP contribution >= 0.6 is 0 Å². The Morgan fingerprint density at radius 3 is 2.11 bits per heavy atom. The van der Waals surface area contributed by atoms with Gasteiger partial charge in [0.2, 0.25) is 0 Å². The number of nitrogens with zero attached hydrogens (tertiary/aromatic N) is 5. The number of nitriles is 1. The first kappa shape index (κ1) is 23.1. The van der Waals surface area contributed by atoms with Gasteiger partial charge in [-0.2, -0.15) is 9.97 Å².